The highest BCUT2D eigenvalue weighted by Crippen LogP contribution is 2.25. The van der Waals surface area contributed by atoms with E-state index in [-0.39, 0.29) is 0 Å². The Hall–Kier alpha value is -1.20. The molecule has 18 heavy (non-hydrogen) atoms. The van der Waals surface area contributed by atoms with Crippen LogP contribution in [0.1, 0.15) is 41.9 Å². The normalized spacial score (nSPS) is 12.9. The number of aliphatic hydroxyl groups excluding tert-OH is 1. The first-order valence-electron chi connectivity index (χ1n) is 6.29. The number of hydrogen-bond donors (Lipinski definition) is 1. The van der Waals surface area contributed by atoms with E-state index in [0.717, 1.165) is 34.9 Å². The van der Waals surface area contributed by atoms with Gasteiger partial charge >= 0.3 is 0 Å². The summed E-state index contributed by atoms with van der Waals surface area (Å²) in [7, 11) is 0. The third kappa shape index (κ3) is 2.62. The van der Waals surface area contributed by atoms with Crippen molar-refractivity contribution in [3.8, 4) is 0 Å². The van der Waals surface area contributed by atoms with Gasteiger partial charge in [-0.25, -0.2) is 4.98 Å². The number of aliphatic hydroxyl groups is 1. The quantitative estimate of drug-likeness (QED) is 0.903. The highest BCUT2D eigenvalue weighted by molar-refractivity contribution is 7.09. The summed E-state index contributed by atoms with van der Waals surface area (Å²) in [5, 5.41) is 14.8. The Balaban J connectivity index is 2.18. The first kappa shape index (κ1) is 13.2. The molecular formula is C13H19N3OS. The van der Waals surface area contributed by atoms with E-state index in [1.807, 2.05) is 11.6 Å². The number of nitrogens with zero attached hydrogens (tertiary/aromatic N) is 3. The standard InChI is InChI=1S/C13H19N3OS/c1-4-10-6-11(16(5-2)15-10)7-12(17)13-9(3)14-8-18-13/h6,8,12,17H,4-5,7H2,1-3H3. The van der Waals surface area contributed by atoms with Crippen LogP contribution in [0.3, 0.4) is 0 Å². The average molecular weight is 265 g/mol. The van der Waals surface area contributed by atoms with Gasteiger partial charge in [-0.1, -0.05) is 6.92 Å². The zero-order chi connectivity index (χ0) is 13.1. The van der Waals surface area contributed by atoms with Gasteiger partial charge in [0, 0.05) is 18.7 Å². The molecule has 1 atom stereocenters. The lowest BCUT2D eigenvalue weighted by Gasteiger charge is -2.10. The largest absolute Gasteiger partial charge is 0.387 e. The van der Waals surface area contributed by atoms with Crippen molar-refractivity contribution in [2.45, 2.75) is 46.3 Å². The highest BCUT2D eigenvalue weighted by atomic mass is 32.1. The molecule has 5 heteroatoms. The minimum absolute atomic E-state index is 0.482. The molecule has 4 nitrogen and oxygen atoms in total. The first-order valence-corrected chi connectivity index (χ1v) is 7.17. The molecule has 2 aromatic heterocycles. The van der Waals surface area contributed by atoms with Gasteiger partial charge in [0.15, 0.2) is 0 Å². The summed E-state index contributed by atoms with van der Waals surface area (Å²) in [4.78, 5) is 5.13. The second kappa shape index (κ2) is 5.63. The van der Waals surface area contributed by atoms with Gasteiger partial charge in [-0.2, -0.15) is 5.10 Å². The Kier molecular flexibility index (Phi) is 4.14. The maximum Gasteiger partial charge on any atom is 0.0955 e. The number of aromatic nitrogens is 3. The van der Waals surface area contributed by atoms with E-state index in [1.54, 1.807) is 5.51 Å². The lowest BCUT2D eigenvalue weighted by atomic mass is 10.1. The van der Waals surface area contributed by atoms with Gasteiger partial charge in [0.1, 0.15) is 0 Å². The third-order valence-electron chi connectivity index (χ3n) is 3.06. The minimum Gasteiger partial charge on any atom is -0.387 e. The minimum atomic E-state index is -0.482. The molecule has 1 unspecified atom stereocenters. The van der Waals surface area contributed by atoms with Crippen LogP contribution in [0.4, 0.5) is 0 Å². The summed E-state index contributed by atoms with van der Waals surface area (Å²) in [6.07, 6.45) is 1.05. The van der Waals surface area contributed by atoms with Crippen molar-refractivity contribution in [1.29, 1.82) is 0 Å². The Morgan fingerprint density at radius 1 is 1.44 bits per heavy atom. The molecule has 0 amide bonds. The Morgan fingerprint density at radius 3 is 2.78 bits per heavy atom. The van der Waals surface area contributed by atoms with Gasteiger partial charge in [-0.05, 0) is 26.3 Å². The molecule has 0 spiro atoms. The molecule has 0 saturated heterocycles. The van der Waals surface area contributed by atoms with Gasteiger partial charge < -0.3 is 5.11 Å². The molecule has 0 bridgehead atoms. The fourth-order valence-electron chi connectivity index (χ4n) is 2.05. The van der Waals surface area contributed by atoms with E-state index in [4.69, 9.17) is 0 Å². The van der Waals surface area contributed by atoms with Crippen LogP contribution >= 0.6 is 11.3 Å². The van der Waals surface area contributed by atoms with Crippen LogP contribution in [-0.2, 0) is 19.4 Å². The molecule has 0 fully saturated rings. The van der Waals surface area contributed by atoms with Crippen LogP contribution in [0.25, 0.3) is 0 Å². The van der Waals surface area contributed by atoms with Gasteiger partial charge in [-0.3, -0.25) is 4.68 Å². The average Bonchev–Trinajstić information content (AvgIpc) is 2.95. The summed E-state index contributed by atoms with van der Waals surface area (Å²) >= 11 is 1.51. The molecule has 2 heterocycles. The monoisotopic (exact) mass is 265 g/mol. The molecule has 2 rings (SSSR count). The second-order valence-electron chi connectivity index (χ2n) is 4.32. The molecule has 0 radical (unpaired) electrons. The fraction of sp³-hybridized carbons (Fsp3) is 0.538. The molecule has 0 aromatic carbocycles. The Morgan fingerprint density at radius 2 is 2.22 bits per heavy atom. The zero-order valence-corrected chi connectivity index (χ0v) is 11.9. The predicted molar refractivity (Wildman–Crippen MR) is 72.8 cm³/mol. The van der Waals surface area contributed by atoms with Gasteiger partial charge in [0.25, 0.3) is 0 Å². The van der Waals surface area contributed by atoms with Crippen molar-refractivity contribution in [2.75, 3.05) is 0 Å². The summed E-state index contributed by atoms with van der Waals surface area (Å²) in [6.45, 7) is 6.93. The van der Waals surface area contributed by atoms with E-state index >= 15 is 0 Å². The molecule has 0 aliphatic heterocycles. The van der Waals surface area contributed by atoms with Crippen molar-refractivity contribution in [1.82, 2.24) is 14.8 Å². The van der Waals surface area contributed by atoms with Crippen molar-refractivity contribution >= 4 is 11.3 Å². The van der Waals surface area contributed by atoms with Crippen LogP contribution in [0.5, 0.6) is 0 Å². The number of hydrogen-bond acceptors (Lipinski definition) is 4. The summed E-state index contributed by atoms with van der Waals surface area (Å²) in [5.41, 5.74) is 4.88. The van der Waals surface area contributed by atoms with Crippen molar-refractivity contribution in [3.63, 3.8) is 0 Å². The second-order valence-corrected chi connectivity index (χ2v) is 5.20. The number of thiazole rings is 1. The Bertz CT molecular complexity index is 518. The number of rotatable bonds is 5. The molecule has 1 N–H and O–H groups in total. The maximum atomic E-state index is 10.3. The van der Waals surface area contributed by atoms with Crippen LogP contribution in [-0.4, -0.2) is 19.9 Å². The van der Waals surface area contributed by atoms with Gasteiger partial charge in [0.2, 0.25) is 0 Å². The van der Waals surface area contributed by atoms with Gasteiger partial charge in [-0.15, -0.1) is 11.3 Å². The van der Waals surface area contributed by atoms with Crippen LogP contribution in [0.15, 0.2) is 11.6 Å². The number of aryl methyl sites for hydroxylation is 3. The topological polar surface area (TPSA) is 50.9 Å². The lowest BCUT2D eigenvalue weighted by Crippen LogP contribution is -2.08. The van der Waals surface area contributed by atoms with Crippen molar-refractivity contribution in [3.05, 3.63) is 33.5 Å². The predicted octanol–water partition coefficient (Wildman–Crippen LogP) is 2.51. The molecule has 0 aliphatic rings. The maximum absolute atomic E-state index is 10.3. The highest BCUT2D eigenvalue weighted by Gasteiger charge is 2.16. The molecule has 0 saturated carbocycles. The third-order valence-corrected chi connectivity index (χ3v) is 4.10. The van der Waals surface area contributed by atoms with E-state index < -0.39 is 6.10 Å². The SMILES string of the molecule is CCc1cc(CC(O)c2scnc2C)n(CC)n1. The Labute approximate surface area is 111 Å². The molecular weight excluding hydrogens is 246 g/mol. The van der Waals surface area contributed by atoms with Crippen molar-refractivity contribution < 1.29 is 5.11 Å². The summed E-state index contributed by atoms with van der Waals surface area (Å²) < 4.78 is 1.97. The zero-order valence-electron chi connectivity index (χ0n) is 11.1. The van der Waals surface area contributed by atoms with Crippen LogP contribution in [0.2, 0.25) is 0 Å². The van der Waals surface area contributed by atoms with Crippen molar-refractivity contribution in [2.24, 2.45) is 0 Å². The molecule has 2 aromatic rings. The smallest absolute Gasteiger partial charge is 0.0955 e. The van der Waals surface area contributed by atoms with Crippen LogP contribution < -0.4 is 0 Å². The van der Waals surface area contributed by atoms with Gasteiger partial charge in [0.05, 0.1) is 27.9 Å². The lowest BCUT2D eigenvalue weighted by molar-refractivity contribution is 0.178. The summed E-state index contributed by atoms with van der Waals surface area (Å²) in [6, 6.07) is 2.09. The summed E-state index contributed by atoms with van der Waals surface area (Å²) in [5.74, 6) is 0. The fourth-order valence-corrected chi connectivity index (χ4v) is 2.84. The van der Waals surface area contributed by atoms with E-state index in [1.165, 1.54) is 11.3 Å². The molecule has 98 valence electrons. The van der Waals surface area contributed by atoms with E-state index in [2.05, 4.69) is 30.0 Å². The van der Waals surface area contributed by atoms with E-state index in [9.17, 15) is 5.11 Å². The molecule has 0 aliphatic carbocycles. The van der Waals surface area contributed by atoms with E-state index in [0.29, 0.717) is 6.42 Å². The van der Waals surface area contributed by atoms with Crippen LogP contribution in [0, 0.1) is 6.92 Å². The first-order chi connectivity index (χ1) is 8.65.